The fraction of sp³-hybridized carbons (Fsp3) is 0.143. The molecule has 1 aliphatic rings. The highest BCUT2D eigenvalue weighted by Crippen LogP contribution is 2.37. The fourth-order valence-corrected chi connectivity index (χ4v) is 4.62. The van der Waals surface area contributed by atoms with E-state index in [1.54, 1.807) is 60.0 Å². The lowest BCUT2D eigenvalue weighted by molar-refractivity contribution is 0.0713. The second-order valence-corrected chi connectivity index (χ2v) is 9.53. The normalized spacial score (nSPS) is 16.4. The summed E-state index contributed by atoms with van der Waals surface area (Å²) in [5.74, 6) is -0.757. The first-order chi connectivity index (χ1) is 14.3. The van der Waals surface area contributed by atoms with Crippen molar-refractivity contribution in [2.45, 2.75) is 12.5 Å². The van der Waals surface area contributed by atoms with Crippen molar-refractivity contribution >= 4 is 38.7 Å². The smallest absolute Gasteiger partial charge is 0.283 e. The van der Waals surface area contributed by atoms with E-state index < -0.39 is 21.9 Å². The molecule has 0 spiro atoms. The van der Waals surface area contributed by atoms with Crippen molar-refractivity contribution in [1.29, 1.82) is 0 Å². The fourth-order valence-electron chi connectivity index (χ4n) is 3.38. The van der Waals surface area contributed by atoms with Gasteiger partial charge in [-0.1, -0.05) is 42.5 Å². The molecule has 0 unspecified atom stereocenters. The van der Waals surface area contributed by atoms with Crippen LogP contribution < -0.4 is 4.72 Å². The average molecular weight is 444 g/mol. The van der Waals surface area contributed by atoms with Crippen molar-refractivity contribution in [2.75, 3.05) is 11.0 Å². The molecule has 0 fully saturated rings. The second kappa shape index (κ2) is 8.00. The Labute approximate surface area is 177 Å². The number of sulfonamides is 1. The number of anilines is 1. The standard InChI is InChI=1S/C21H18FN3O3S2/c1-30(27,28)24-17-10-5-3-8-15(17)18-13-19(14-7-2-4-9-16(14)22)25(23-18)21(26)20-11-6-12-29-20/h2-12,19,24H,13H2,1H3/t19-/m1/s1. The van der Waals surface area contributed by atoms with E-state index in [1.165, 1.54) is 22.4 Å². The Hall–Kier alpha value is -3.04. The maximum Gasteiger partial charge on any atom is 0.284 e. The van der Waals surface area contributed by atoms with Crippen LogP contribution in [0.4, 0.5) is 10.1 Å². The maximum atomic E-state index is 14.6. The summed E-state index contributed by atoms with van der Waals surface area (Å²) in [6.45, 7) is 0. The van der Waals surface area contributed by atoms with Gasteiger partial charge in [0.15, 0.2) is 0 Å². The summed E-state index contributed by atoms with van der Waals surface area (Å²) in [6.07, 6.45) is 1.31. The monoisotopic (exact) mass is 443 g/mol. The molecule has 2 aromatic carbocycles. The molecule has 6 nitrogen and oxygen atoms in total. The van der Waals surface area contributed by atoms with E-state index >= 15 is 0 Å². The van der Waals surface area contributed by atoms with Crippen molar-refractivity contribution in [1.82, 2.24) is 5.01 Å². The Morgan fingerprint density at radius 3 is 2.57 bits per heavy atom. The third kappa shape index (κ3) is 4.12. The van der Waals surface area contributed by atoms with Crippen molar-refractivity contribution < 1.29 is 17.6 Å². The number of amides is 1. The first-order valence-electron chi connectivity index (χ1n) is 9.09. The quantitative estimate of drug-likeness (QED) is 0.640. The summed E-state index contributed by atoms with van der Waals surface area (Å²) in [6, 6.07) is 15.9. The zero-order valence-electron chi connectivity index (χ0n) is 15.9. The highest BCUT2D eigenvalue weighted by atomic mass is 32.2. The summed E-state index contributed by atoms with van der Waals surface area (Å²) < 4.78 is 40.6. The zero-order valence-corrected chi connectivity index (χ0v) is 17.6. The SMILES string of the molecule is CS(=O)(=O)Nc1ccccc1C1=NN(C(=O)c2cccs2)[C@@H](c2ccccc2F)C1. The van der Waals surface area contributed by atoms with Crippen molar-refractivity contribution in [2.24, 2.45) is 5.10 Å². The molecule has 0 aliphatic carbocycles. The minimum atomic E-state index is -3.51. The van der Waals surface area contributed by atoms with Gasteiger partial charge in [-0.2, -0.15) is 5.10 Å². The molecule has 1 aromatic heterocycles. The van der Waals surface area contributed by atoms with Crippen LogP contribution in [0.25, 0.3) is 0 Å². The van der Waals surface area contributed by atoms with Gasteiger partial charge < -0.3 is 0 Å². The molecule has 0 bridgehead atoms. The Bertz CT molecular complexity index is 1220. The van der Waals surface area contributed by atoms with E-state index in [9.17, 15) is 17.6 Å². The Morgan fingerprint density at radius 1 is 1.13 bits per heavy atom. The minimum Gasteiger partial charge on any atom is -0.283 e. The second-order valence-electron chi connectivity index (χ2n) is 6.83. The number of carbonyl (C=O) groups excluding carboxylic acids is 1. The van der Waals surface area contributed by atoms with Gasteiger partial charge in [-0.25, -0.2) is 17.8 Å². The van der Waals surface area contributed by atoms with Gasteiger partial charge in [0.05, 0.1) is 28.6 Å². The van der Waals surface area contributed by atoms with Gasteiger partial charge in [-0.05, 0) is 23.6 Å². The number of hydrazone groups is 1. The lowest BCUT2D eigenvalue weighted by Crippen LogP contribution is -2.27. The van der Waals surface area contributed by atoms with Gasteiger partial charge in [0.25, 0.3) is 5.91 Å². The number of halogens is 1. The van der Waals surface area contributed by atoms with E-state index in [-0.39, 0.29) is 12.3 Å². The number of benzene rings is 2. The van der Waals surface area contributed by atoms with Crippen LogP contribution in [-0.2, 0) is 10.0 Å². The van der Waals surface area contributed by atoms with Crippen LogP contribution in [0.3, 0.4) is 0 Å². The molecular formula is C21H18FN3O3S2. The average Bonchev–Trinajstić information content (AvgIpc) is 3.37. The third-order valence-corrected chi connectivity index (χ3v) is 6.10. The van der Waals surface area contributed by atoms with E-state index in [0.29, 0.717) is 27.4 Å². The zero-order chi connectivity index (χ0) is 21.3. The highest BCUT2D eigenvalue weighted by molar-refractivity contribution is 7.92. The minimum absolute atomic E-state index is 0.250. The molecule has 4 rings (SSSR count). The molecule has 0 saturated carbocycles. The highest BCUT2D eigenvalue weighted by Gasteiger charge is 2.36. The van der Waals surface area contributed by atoms with Crippen LogP contribution in [0.1, 0.15) is 33.3 Å². The summed E-state index contributed by atoms with van der Waals surface area (Å²) >= 11 is 1.28. The van der Waals surface area contributed by atoms with Crippen LogP contribution >= 0.6 is 11.3 Å². The van der Waals surface area contributed by atoms with Gasteiger partial charge in [-0.3, -0.25) is 9.52 Å². The molecule has 0 radical (unpaired) electrons. The number of nitrogens with one attached hydrogen (secondary N) is 1. The summed E-state index contributed by atoms with van der Waals surface area (Å²) in [4.78, 5) is 13.6. The number of nitrogens with zero attached hydrogens (tertiary/aromatic N) is 2. The molecule has 2 heterocycles. The van der Waals surface area contributed by atoms with E-state index in [0.717, 1.165) is 6.26 Å². The Balaban J connectivity index is 1.78. The molecule has 1 atom stereocenters. The van der Waals surface area contributed by atoms with Crippen molar-refractivity contribution in [3.63, 3.8) is 0 Å². The van der Waals surface area contributed by atoms with Gasteiger partial charge >= 0.3 is 0 Å². The summed E-state index contributed by atoms with van der Waals surface area (Å²) in [5, 5.41) is 7.59. The number of para-hydroxylation sites is 1. The van der Waals surface area contributed by atoms with Crippen LogP contribution in [0.15, 0.2) is 71.1 Å². The predicted octanol–water partition coefficient (Wildman–Crippen LogP) is 4.25. The molecule has 154 valence electrons. The Morgan fingerprint density at radius 2 is 1.87 bits per heavy atom. The van der Waals surface area contributed by atoms with Crippen LogP contribution in [0.5, 0.6) is 0 Å². The van der Waals surface area contributed by atoms with Gasteiger partial charge in [-0.15, -0.1) is 11.3 Å². The largest absolute Gasteiger partial charge is 0.284 e. The van der Waals surface area contributed by atoms with Crippen molar-refractivity contribution in [3.8, 4) is 0 Å². The van der Waals surface area contributed by atoms with E-state index in [1.807, 2.05) is 0 Å². The molecule has 1 aliphatic heterocycles. The van der Waals surface area contributed by atoms with Crippen LogP contribution in [0, 0.1) is 5.82 Å². The van der Waals surface area contributed by atoms with E-state index in [2.05, 4.69) is 9.82 Å². The number of hydrogen-bond donors (Lipinski definition) is 1. The number of rotatable bonds is 5. The van der Waals surface area contributed by atoms with E-state index in [4.69, 9.17) is 0 Å². The van der Waals surface area contributed by atoms with Crippen molar-refractivity contribution in [3.05, 3.63) is 87.9 Å². The maximum absolute atomic E-state index is 14.6. The third-order valence-electron chi connectivity index (χ3n) is 4.65. The van der Waals surface area contributed by atoms with Gasteiger partial charge in [0.1, 0.15) is 5.82 Å². The molecule has 30 heavy (non-hydrogen) atoms. The molecule has 1 amide bonds. The lowest BCUT2D eigenvalue weighted by Gasteiger charge is -2.21. The Kier molecular flexibility index (Phi) is 5.40. The first-order valence-corrected chi connectivity index (χ1v) is 11.9. The molecule has 9 heteroatoms. The first kappa shape index (κ1) is 20.2. The molecular weight excluding hydrogens is 425 g/mol. The summed E-state index contributed by atoms with van der Waals surface area (Å²) in [7, 11) is -3.51. The van der Waals surface area contributed by atoms with Crippen LogP contribution in [0.2, 0.25) is 0 Å². The molecule has 3 aromatic rings. The number of thiophene rings is 1. The topological polar surface area (TPSA) is 78.8 Å². The summed E-state index contributed by atoms with van der Waals surface area (Å²) in [5.41, 5.74) is 1.76. The van der Waals surface area contributed by atoms with Gasteiger partial charge in [0, 0.05) is 17.5 Å². The van der Waals surface area contributed by atoms with Crippen LogP contribution in [-0.4, -0.2) is 31.3 Å². The predicted molar refractivity (Wildman–Crippen MR) is 116 cm³/mol. The molecule has 0 saturated heterocycles. The number of hydrogen-bond acceptors (Lipinski definition) is 5. The number of carbonyl (C=O) groups is 1. The molecule has 1 N–H and O–H groups in total. The van der Waals surface area contributed by atoms with Gasteiger partial charge in [0.2, 0.25) is 10.0 Å². The lowest BCUT2D eigenvalue weighted by atomic mass is 9.97.